The van der Waals surface area contributed by atoms with Crippen molar-refractivity contribution in [3.63, 3.8) is 0 Å². The van der Waals surface area contributed by atoms with Crippen LogP contribution in [0.15, 0.2) is 87.5 Å². The number of rotatable bonds is 8. The molecule has 0 atom stereocenters. The summed E-state index contributed by atoms with van der Waals surface area (Å²) in [6, 6.07) is 23.4. The molecule has 0 unspecified atom stereocenters. The largest absolute Gasteiger partial charge is 0.497 e. The Morgan fingerprint density at radius 2 is 1.82 bits per heavy atom. The third-order valence-electron chi connectivity index (χ3n) is 4.90. The molecule has 0 saturated carbocycles. The van der Waals surface area contributed by atoms with E-state index in [0.29, 0.717) is 11.0 Å². The molecule has 1 amide bonds. The number of hydrogen-bond donors (Lipinski definition) is 1. The van der Waals surface area contributed by atoms with Crippen LogP contribution in [-0.2, 0) is 4.79 Å². The monoisotopic (exact) mass is 535 g/mol. The van der Waals surface area contributed by atoms with Crippen molar-refractivity contribution in [3.05, 3.63) is 88.4 Å². The summed E-state index contributed by atoms with van der Waals surface area (Å²) in [5, 5.41) is 13.4. The molecule has 1 N–H and O–H groups in total. The Labute approximate surface area is 210 Å². The van der Waals surface area contributed by atoms with Crippen LogP contribution in [0.25, 0.3) is 17.1 Å². The molecule has 172 valence electrons. The number of amides is 1. The fourth-order valence-corrected chi connectivity index (χ4v) is 4.26. The smallest absolute Gasteiger partial charge is 0.250 e. The van der Waals surface area contributed by atoms with Crippen molar-refractivity contribution in [1.82, 2.24) is 20.2 Å². The summed E-state index contributed by atoms with van der Waals surface area (Å²) in [6.07, 6.45) is 1.60. The van der Waals surface area contributed by atoms with Crippen LogP contribution in [0.2, 0.25) is 0 Å². The van der Waals surface area contributed by atoms with Crippen LogP contribution in [0.5, 0.6) is 5.75 Å². The highest BCUT2D eigenvalue weighted by molar-refractivity contribution is 9.10. The number of methoxy groups -OCH3 is 1. The highest BCUT2D eigenvalue weighted by Gasteiger charge is 2.17. The van der Waals surface area contributed by atoms with E-state index >= 15 is 0 Å². The number of carbonyl (C=O) groups is 1. The molecule has 3 aromatic carbocycles. The van der Waals surface area contributed by atoms with Crippen LogP contribution < -0.4 is 10.2 Å². The summed E-state index contributed by atoms with van der Waals surface area (Å²) in [5.41, 5.74) is 6.39. The number of halogens is 1. The molecule has 7 nitrogen and oxygen atoms in total. The van der Waals surface area contributed by atoms with Gasteiger partial charge in [-0.1, -0.05) is 63.6 Å². The van der Waals surface area contributed by atoms with Crippen LogP contribution >= 0.6 is 27.7 Å². The van der Waals surface area contributed by atoms with Crippen LogP contribution in [0.3, 0.4) is 0 Å². The predicted octanol–water partition coefficient (Wildman–Crippen LogP) is 5.26. The molecule has 1 heterocycles. The van der Waals surface area contributed by atoms with E-state index in [-0.39, 0.29) is 11.7 Å². The van der Waals surface area contributed by atoms with Gasteiger partial charge in [-0.2, -0.15) is 5.10 Å². The molecule has 0 radical (unpaired) electrons. The lowest BCUT2D eigenvalue weighted by atomic mass is 10.2. The van der Waals surface area contributed by atoms with Gasteiger partial charge in [-0.05, 0) is 49.4 Å². The third-order valence-corrected chi connectivity index (χ3v) is 6.56. The Morgan fingerprint density at radius 3 is 2.53 bits per heavy atom. The number of nitrogens with one attached hydrogen (secondary N) is 1. The van der Waals surface area contributed by atoms with Gasteiger partial charge in [0.25, 0.3) is 5.91 Å². The second-order valence-corrected chi connectivity index (χ2v) is 9.11. The van der Waals surface area contributed by atoms with E-state index < -0.39 is 0 Å². The number of hydrogen-bond acceptors (Lipinski definition) is 6. The van der Waals surface area contributed by atoms with Crippen LogP contribution in [-0.4, -0.2) is 39.7 Å². The number of aromatic nitrogens is 3. The first-order valence-electron chi connectivity index (χ1n) is 10.4. The number of ether oxygens (including phenoxy) is 1. The third kappa shape index (κ3) is 5.73. The van der Waals surface area contributed by atoms with Gasteiger partial charge in [-0.25, -0.2) is 5.43 Å². The van der Waals surface area contributed by atoms with Crippen molar-refractivity contribution in [2.75, 3.05) is 12.9 Å². The Hall–Kier alpha value is -3.43. The second kappa shape index (κ2) is 11.1. The van der Waals surface area contributed by atoms with Crippen molar-refractivity contribution in [2.45, 2.75) is 12.1 Å². The van der Waals surface area contributed by atoms with E-state index in [1.165, 1.54) is 11.8 Å². The molecule has 9 heteroatoms. The normalized spacial score (nSPS) is 11.0. The Bertz CT molecular complexity index is 1300. The average molecular weight is 536 g/mol. The fraction of sp³-hybridized carbons (Fsp3) is 0.120. The average Bonchev–Trinajstić information content (AvgIpc) is 3.28. The maximum absolute atomic E-state index is 12.4. The molecule has 0 saturated heterocycles. The molecule has 1 aromatic heterocycles. The summed E-state index contributed by atoms with van der Waals surface area (Å²) < 4.78 is 8.12. The first-order chi connectivity index (χ1) is 16.5. The summed E-state index contributed by atoms with van der Waals surface area (Å²) >= 11 is 4.75. The molecular formula is C25H22BrN5O2S. The van der Waals surface area contributed by atoms with E-state index in [0.717, 1.165) is 32.6 Å². The number of benzene rings is 3. The van der Waals surface area contributed by atoms with Crippen molar-refractivity contribution >= 4 is 39.8 Å². The number of nitrogens with zero attached hydrogens (tertiary/aromatic N) is 4. The van der Waals surface area contributed by atoms with E-state index in [2.05, 4.69) is 36.7 Å². The summed E-state index contributed by atoms with van der Waals surface area (Å²) in [6.45, 7) is 2.04. The first-order valence-corrected chi connectivity index (χ1v) is 12.2. The molecule has 0 aliphatic carbocycles. The topological polar surface area (TPSA) is 81.4 Å². The van der Waals surface area contributed by atoms with Gasteiger partial charge in [0.2, 0.25) is 0 Å². The van der Waals surface area contributed by atoms with Gasteiger partial charge in [-0.3, -0.25) is 9.36 Å². The lowest BCUT2D eigenvalue weighted by Gasteiger charge is -2.11. The minimum Gasteiger partial charge on any atom is -0.497 e. The molecule has 0 spiro atoms. The predicted molar refractivity (Wildman–Crippen MR) is 139 cm³/mol. The van der Waals surface area contributed by atoms with Gasteiger partial charge in [0.05, 0.1) is 19.1 Å². The van der Waals surface area contributed by atoms with Crippen molar-refractivity contribution in [1.29, 1.82) is 0 Å². The second-order valence-electron chi connectivity index (χ2n) is 7.31. The molecule has 0 fully saturated rings. The lowest BCUT2D eigenvalue weighted by molar-refractivity contribution is -0.118. The molecule has 0 aliphatic rings. The minimum absolute atomic E-state index is 0.139. The van der Waals surface area contributed by atoms with E-state index in [9.17, 15) is 4.79 Å². The van der Waals surface area contributed by atoms with Gasteiger partial charge in [-0.15, -0.1) is 10.2 Å². The van der Waals surface area contributed by atoms with Crippen LogP contribution in [0, 0.1) is 6.92 Å². The van der Waals surface area contributed by atoms with Crippen molar-refractivity contribution < 1.29 is 9.53 Å². The highest BCUT2D eigenvalue weighted by atomic mass is 79.9. The number of aryl methyl sites for hydroxylation is 1. The molecule has 4 rings (SSSR count). The highest BCUT2D eigenvalue weighted by Crippen LogP contribution is 2.29. The zero-order chi connectivity index (χ0) is 23.9. The van der Waals surface area contributed by atoms with E-state index in [1.54, 1.807) is 13.3 Å². The maximum Gasteiger partial charge on any atom is 0.250 e. The van der Waals surface area contributed by atoms with Gasteiger partial charge in [0.15, 0.2) is 11.0 Å². The van der Waals surface area contributed by atoms with Gasteiger partial charge < -0.3 is 4.74 Å². The summed E-state index contributed by atoms with van der Waals surface area (Å²) in [4.78, 5) is 12.4. The molecule has 0 aliphatic heterocycles. The first kappa shape index (κ1) is 23.7. The van der Waals surface area contributed by atoms with E-state index in [1.807, 2.05) is 84.3 Å². The van der Waals surface area contributed by atoms with E-state index in [4.69, 9.17) is 4.74 Å². The quantitative estimate of drug-likeness (QED) is 0.189. The standard InChI is InChI=1S/C25H22BrN5O2S/c1-17-7-11-20(12-8-17)31-24(18-9-13-21(33-2)14-10-18)29-30-25(31)34-16-23(32)28-27-15-19-5-3-4-6-22(19)26/h3-15H,16H2,1-2H3,(H,28,32)/b27-15+. The van der Waals surface area contributed by atoms with Gasteiger partial charge >= 0.3 is 0 Å². The Morgan fingerprint density at radius 1 is 1.09 bits per heavy atom. The van der Waals surface area contributed by atoms with Crippen LogP contribution in [0.4, 0.5) is 0 Å². The summed E-state index contributed by atoms with van der Waals surface area (Å²) in [5.74, 6) is 1.35. The zero-order valence-electron chi connectivity index (χ0n) is 18.6. The number of thioether (sulfide) groups is 1. The number of carbonyl (C=O) groups excluding carboxylic acids is 1. The molecule has 34 heavy (non-hydrogen) atoms. The van der Waals surface area contributed by atoms with Gasteiger partial charge in [0, 0.05) is 21.3 Å². The molecular weight excluding hydrogens is 514 g/mol. The van der Waals surface area contributed by atoms with Gasteiger partial charge in [0.1, 0.15) is 5.75 Å². The minimum atomic E-state index is -0.238. The lowest BCUT2D eigenvalue weighted by Crippen LogP contribution is -2.20. The Balaban J connectivity index is 1.53. The maximum atomic E-state index is 12.4. The van der Waals surface area contributed by atoms with Crippen molar-refractivity contribution in [2.24, 2.45) is 5.10 Å². The Kier molecular flexibility index (Phi) is 7.76. The van der Waals surface area contributed by atoms with Crippen LogP contribution in [0.1, 0.15) is 11.1 Å². The molecule has 0 bridgehead atoms. The SMILES string of the molecule is COc1ccc(-c2nnc(SCC(=O)N/N=C/c3ccccc3Br)n2-c2ccc(C)cc2)cc1. The zero-order valence-corrected chi connectivity index (χ0v) is 21.0. The fourth-order valence-electron chi connectivity index (χ4n) is 3.13. The van der Waals surface area contributed by atoms with Crippen molar-refractivity contribution in [3.8, 4) is 22.8 Å². The molecule has 4 aromatic rings. The summed E-state index contributed by atoms with van der Waals surface area (Å²) in [7, 11) is 1.63. The number of hydrazone groups is 1.